The van der Waals surface area contributed by atoms with Crippen LogP contribution in [0.2, 0.25) is 0 Å². The molecule has 3 aliphatic heterocycles. The summed E-state index contributed by atoms with van der Waals surface area (Å²) < 4.78 is 6.06. The molecule has 4 atom stereocenters. The lowest BCUT2D eigenvalue weighted by Crippen LogP contribution is -2.52. The molecule has 0 fully saturated rings. The van der Waals surface area contributed by atoms with Gasteiger partial charge in [0, 0.05) is 18.0 Å². The summed E-state index contributed by atoms with van der Waals surface area (Å²) in [7, 11) is 0. The quantitative estimate of drug-likeness (QED) is 0.666. The Morgan fingerprint density at radius 2 is 2.12 bits per heavy atom. The van der Waals surface area contributed by atoms with Gasteiger partial charge in [0.15, 0.2) is 5.17 Å². The zero-order valence-electron chi connectivity index (χ0n) is 16.7. The van der Waals surface area contributed by atoms with Crippen molar-refractivity contribution in [2.45, 2.75) is 24.8 Å². The van der Waals surface area contributed by atoms with Crippen LogP contribution < -0.4 is 5.73 Å². The van der Waals surface area contributed by atoms with Crippen LogP contribution in [0.15, 0.2) is 71.0 Å². The minimum Gasteiger partial charge on any atom is -0.478 e. The lowest BCUT2D eigenvalue weighted by molar-refractivity contribution is -0.125. The minimum atomic E-state index is -0.993. The van der Waals surface area contributed by atoms with Crippen molar-refractivity contribution in [1.82, 2.24) is 9.99 Å². The maximum absolute atomic E-state index is 12.7. The van der Waals surface area contributed by atoms with Crippen molar-refractivity contribution in [3.8, 4) is 0 Å². The molecule has 1 aromatic heterocycles. The highest BCUT2D eigenvalue weighted by Gasteiger charge is 2.42. The van der Waals surface area contributed by atoms with Gasteiger partial charge in [0.05, 0.1) is 17.6 Å². The van der Waals surface area contributed by atoms with Gasteiger partial charge in [-0.1, -0.05) is 24.3 Å². The first-order valence-corrected chi connectivity index (χ1v) is 10.8. The highest BCUT2D eigenvalue weighted by molar-refractivity contribution is 8.27. The molecule has 0 aliphatic carbocycles. The molecule has 4 heterocycles. The molecular weight excluding hydrogens is 430 g/mol. The van der Waals surface area contributed by atoms with Gasteiger partial charge in [0.2, 0.25) is 0 Å². The lowest BCUT2D eigenvalue weighted by Gasteiger charge is -2.32. The summed E-state index contributed by atoms with van der Waals surface area (Å²) in [6.45, 7) is 0. The Bertz CT molecular complexity index is 1170. The molecule has 32 heavy (non-hydrogen) atoms. The summed E-state index contributed by atoms with van der Waals surface area (Å²) in [5, 5.41) is 16.5. The van der Waals surface area contributed by atoms with Crippen molar-refractivity contribution in [2.75, 3.05) is 0 Å². The van der Waals surface area contributed by atoms with E-state index in [0.29, 0.717) is 16.6 Å². The number of benzene rings is 1. The number of carbonyl (C=O) groups is 2. The van der Waals surface area contributed by atoms with E-state index in [-0.39, 0.29) is 23.7 Å². The Labute approximate surface area is 187 Å². The van der Waals surface area contributed by atoms with Crippen LogP contribution in [-0.2, 0) is 9.53 Å². The maximum Gasteiger partial charge on any atom is 0.335 e. The molecule has 2 aromatic rings. The van der Waals surface area contributed by atoms with Crippen molar-refractivity contribution < 1.29 is 19.4 Å². The van der Waals surface area contributed by atoms with Crippen LogP contribution in [0.25, 0.3) is 0 Å². The number of nitrogens with zero attached hydrogens (tertiary/aromatic N) is 4. The highest BCUT2D eigenvalue weighted by Crippen LogP contribution is 2.35. The van der Waals surface area contributed by atoms with Gasteiger partial charge in [-0.3, -0.25) is 9.78 Å². The Balaban J connectivity index is 1.28. The summed E-state index contributed by atoms with van der Waals surface area (Å²) in [6, 6.07) is 10.3. The molecule has 1 amide bonds. The molecule has 3 aliphatic rings. The number of aromatic nitrogens is 1. The molecular formula is C22H19N5O4S. The number of carboxylic acid groups (broad SMARTS) is 1. The van der Waals surface area contributed by atoms with Crippen molar-refractivity contribution in [2.24, 2.45) is 21.7 Å². The Morgan fingerprint density at radius 1 is 1.25 bits per heavy atom. The molecule has 3 N–H and O–H groups in total. The molecule has 0 saturated heterocycles. The van der Waals surface area contributed by atoms with Crippen LogP contribution in [0, 0.1) is 5.92 Å². The number of carbonyl (C=O) groups excluding carboxylic acids is 1. The minimum absolute atomic E-state index is 0.197. The Hall–Kier alpha value is -3.34. The van der Waals surface area contributed by atoms with E-state index in [1.165, 1.54) is 17.8 Å². The van der Waals surface area contributed by atoms with Gasteiger partial charge in [-0.05, 0) is 48.0 Å². The van der Waals surface area contributed by atoms with E-state index in [9.17, 15) is 14.7 Å². The largest absolute Gasteiger partial charge is 0.478 e. The lowest BCUT2D eigenvalue weighted by atomic mass is 9.96. The average molecular weight is 449 g/mol. The third-order valence-corrected chi connectivity index (χ3v) is 6.45. The zero-order chi connectivity index (χ0) is 22.2. The maximum atomic E-state index is 12.7. The number of thioether (sulfide) groups is 1. The van der Waals surface area contributed by atoms with Crippen LogP contribution in [0.3, 0.4) is 0 Å². The second-order valence-corrected chi connectivity index (χ2v) is 8.53. The highest BCUT2D eigenvalue weighted by atomic mass is 32.2. The first-order chi connectivity index (χ1) is 15.5. The number of amides is 1. The van der Waals surface area contributed by atoms with Crippen molar-refractivity contribution in [3.63, 3.8) is 0 Å². The number of hydrogen-bond acceptors (Lipinski definition) is 8. The predicted octanol–water partition coefficient (Wildman–Crippen LogP) is 2.37. The number of nitrogens with two attached hydrogens (primary N) is 1. The normalized spacial score (nSPS) is 26.7. The van der Waals surface area contributed by atoms with Crippen LogP contribution in [0.1, 0.15) is 34.0 Å². The van der Waals surface area contributed by atoms with E-state index >= 15 is 0 Å². The number of aromatic carboxylic acids is 1. The number of aliphatic imine (C=N–C) groups is 1. The first-order valence-electron chi connectivity index (χ1n) is 10.0. The molecule has 0 spiro atoms. The molecule has 5 rings (SSSR count). The van der Waals surface area contributed by atoms with Gasteiger partial charge in [0.25, 0.3) is 5.91 Å². The molecule has 0 radical (unpaired) electrons. The molecule has 0 saturated carbocycles. The fraction of sp³-hybridized carbons (Fsp3) is 0.227. The fourth-order valence-corrected chi connectivity index (χ4v) is 4.76. The van der Waals surface area contributed by atoms with Crippen LogP contribution in [-0.4, -0.2) is 49.5 Å². The number of ether oxygens (including phenoxy) is 1. The summed E-state index contributed by atoms with van der Waals surface area (Å²) in [6.07, 6.45) is 6.08. The summed E-state index contributed by atoms with van der Waals surface area (Å²) in [4.78, 5) is 32.3. The predicted molar refractivity (Wildman–Crippen MR) is 119 cm³/mol. The second kappa shape index (κ2) is 8.30. The molecule has 1 aromatic carbocycles. The number of hydrazone groups is 1. The number of fused-ring (bicyclic) bond motifs is 1. The van der Waals surface area contributed by atoms with E-state index in [4.69, 9.17) is 10.5 Å². The Morgan fingerprint density at radius 3 is 2.91 bits per heavy atom. The smallest absolute Gasteiger partial charge is 0.335 e. The van der Waals surface area contributed by atoms with E-state index < -0.39 is 18.1 Å². The van der Waals surface area contributed by atoms with Crippen LogP contribution in [0.5, 0.6) is 0 Å². The Kier molecular flexibility index (Phi) is 5.33. The van der Waals surface area contributed by atoms with E-state index in [1.54, 1.807) is 29.5 Å². The summed E-state index contributed by atoms with van der Waals surface area (Å²) >= 11 is 1.29. The number of amidine groups is 1. The average Bonchev–Trinajstić information content (AvgIpc) is 3.45. The van der Waals surface area contributed by atoms with Gasteiger partial charge in [-0.15, -0.1) is 0 Å². The molecule has 4 unspecified atom stereocenters. The van der Waals surface area contributed by atoms with Crippen molar-refractivity contribution in [3.05, 3.63) is 77.6 Å². The third-order valence-electron chi connectivity index (χ3n) is 5.48. The number of pyridine rings is 1. The van der Waals surface area contributed by atoms with Gasteiger partial charge < -0.3 is 15.6 Å². The van der Waals surface area contributed by atoms with Crippen LogP contribution in [0.4, 0.5) is 0 Å². The summed E-state index contributed by atoms with van der Waals surface area (Å²) in [5.41, 5.74) is 8.19. The van der Waals surface area contributed by atoms with Gasteiger partial charge in [0.1, 0.15) is 17.3 Å². The number of carboxylic acids is 1. The van der Waals surface area contributed by atoms with Crippen molar-refractivity contribution >= 4 is 33.8 Å². The number of hydrogen-bond donors (Lipinski definition) is 2. The molecule has 10 heteroatoms. The van der Waals surface area contributed by atoms with Crippen molar-refractivity contribution in [1.29, 1.82) is 0 Å². The zero-order valence-corrected chi connectivity index (χ0v) is 17.6. The topological polar surface area (TPSA) is 130 Å². The van der Waals surface area contributed by atoms with E-state index in [2.05, 4.69) is 15.1 Å². The van der Waals surface area contributed by atoms with Gasteiger partial charge in [-0.2, -0.15) is 10.1 Å². The third kappa shape index (κ3) is 3.83. The monoisotopic (exact) mass is 449 g/mol. The molecule has 9 nitrogen and oxygen atoms in total. The van der Waals surface area contributed by atoms with E-state index in [0.717, 1.165) is 11.1 Å². The molecule has 162 valence electrons. The van der Waals surface area contributed by atoms with Gasteiger partial charge >= 0.3 is 5.97 Å². The standard InChI is InChI=1S/C22H19N5O4S/c23-18-16(10-15-6-7-17(31-15)12-3-1-4-13(9-12)21(29)30)19(28)25-22-27(18)26-20(32-22)14-5-2-8-24-11-14/h1-9,11,15-18H,10,23H2,(H,29,30). The fourth-order valence-electron chi connectivity index (χ4n) is 3.83. The van der Waals surface area contributed by atoms with E-state index in [1.807, 2.05) is 30.4 Å². The van der Waals surface area contributed by atoms with Gasteiger partial charge in [-0.25, -0.2) is 9.80 Å². The number of rotatable bonds is 5. The van der Waals surface area contributed by atoms with Crippen LogP contribution >= 0.6 is 11.8 Å². The second-order valence-electron chi connectivity index (χ2n) is 7.57. The SMILES string of the molecule is NC1C(CC2C=CC(c3cccc(C(=O)O)c3)O2)C(=O)N=C2SC(c3cccnc3)=NN21. The molecule has 0 bridgehead atoms. The summed E-state index contributed by atoms with van der Waals surface area (Å²) in [5.74, 6) is -1.88. The first kappa shape index (κ1) is 20.6.